The first-order chi connectivity index (χ1) is 8.72. The molecule has 4 heteroatoms. The molecular formula is C14H16N2O2. The molecule has 18 heavy (non-hydrogen) atoms. The van der Waals surface area contributed by atoms with Gasteiger partial charge in [-0.25, -0.2) is 0 Å². The highest BCUT2D eigenvalue weighted by atomic mass is 16.2. The SMILES string of the molecule is O=C(NNC(=O)C1(c2ccccc2)CC1)C1CC1. The number of hydrazine groups is 1. The number of nitrogens with one attached hydrogen (secondary N) is 2. The maximum Gasteiger partial charge on any atom is 0.249 e. The van der Waals surface area contributed by atoms with Crippen molar-refractivity contribution >= 4 is 11.8 Å². The molecule has 0 aromatic heterocycles. The first-order valence-corrected chi connectivity index (χ1v) is 6.38. The second kappa shape index (κ2) is 4.12. The predicted octanol–water partition coefficient (Wildman–Crippen LogP) is 1.28. The zero-order chi connectivity index (χ0) is 12.6. The minimum Gasteiger partial charge on any atom is -0.273 e. The Bertz CT molecular complexity index is 476. The normalized spacial score (nSPS) is 20.0. The molecule has 0 saturated heterocycles. The number of rotatable bonds is 3. The van der Waals surface area contributed by atoms with E-state index in [0.29, 0.717) is 0 Å². The Morgan fingerprint density at radius 1 is 1.06 bits per heavy atom. The minimum absolute atomic E-state index is 0.0628. The Kier molecular flexibility index (Phi) is 2.58. The molecule has 4 nitrogen and oxygen atoms in total. The van der Waals surface area contributed by atoms with E-state index >= 15 is 0 Å². The van der Waals surface area contributed by atoms with E-state index in [4.69, 9.17) is 0 Å². The summed E-state index contributed by atoms with van der Waals surface area (Å²) in [5, 5.41) is 0. The van der Waals surface area contributed by atoms with E-state index in [2.05, 4.69) is 10.9 Å². The van der Waals surface area contributed by atoms with E-state index in [-0.39, 0.29) is 17.7 Å². The second-order valence-corrected chi connectivity index (χ2v) is 5.17. The summed E-state index contributed by atoms with van der Waals surface area (Å²) in [6.07, 6.45) is 3.57. The number of benzene rings is 1. The quantitative estimate of drug-likeness (QED) is 0.787. The molecular weight excluding hydrogens is 228 g/mol. The number of hydrogen-bond acceptors (Lipinski definition) is 2. The Balaban J connectivity index is 1.63. The highest BCUT2D eigenvalue weighted by Crippen LogP contribution is 2.48. The van der Waals surface area contributed by atoms with Gasteiger partial charge >= 0.3 is 0 Å². The van der Waals surface area contributed by atoms with Crippen LogP contribution in [0.1, 0.15) is 31.2 Å². The maximum atomic E-state index is 12.1. The van der Waals surface area contributed by atoms with Crippen LogP contribution in [0.3, 0.4) is 0 Å². The van der Waals surface area contributed by atoms with Gasteiger partial charge in [0.1, 0.15) is 0 Å². The predicted molar refractivity (Wildman–Crippen MR) is 66.4 cm³/mol. The van der Waals surface area contributed by atoms with Crippen molar-refractivity contribution in [1.82, 2.24) is 10.9 Å². The summed E-state index contributed by atoms with van der Waals surface area (Å²) in [5.74, 6) is -0.0490. The van der Waals surface area contributed by atoms with Gasteiger partial charge < -0.3 is 0 Å². The lowest BCUT2D eigenvalue weighted by atomic mass is 9.95. The fraction of sp³-hybridized carbons (Fsp3) is 0.429. The van der Waals surface area contributed by atoms with Gasteiger partial charge in [-0.3, -0.25) is 20.4 Å². The molecule has 0 unspecified atom stereocenters. The summed E-state index contributed by atoms with van der Waals surface area (Å²) in [4.78, 5) is 23.6. The first kappa shape index (κ1) is 11.3. The standard InChI is InChI=1S/C14H16N2O2/c17-12(10-6-7-10)15-16-13(18)14(8-9-14)11-4-2-1-3-5-11/h1-5,10H,6-9H2,(H,15,17)(H,16,18). The summed E-state index contributed by atoms with van der Waals surface area (Å²) in [5.41, 5.74) is 5.70. The molecule has 2 N–H and O–H groups in total. The molecule has 2 fully saturated rings. The van der Waals surface area contributed by atoms with Gasteiger partial charge in [-0.15, -0.1) is 0 Å². The average molecular weight is 244 g/mol. The lowest BCUT2D eigenvalue weighted by Gasteiger charge is -2.16. The zero-order valence-electron chi connectivity index (χ0n) is 10.1. The molecule has 2 amide bonds. The van der Waals surface area contributed by atoms with Gasteiger partial charge in [0.05, 0.1) is 5.41 Å². The van der Waals surface area contributed by atoms with Crippen LogP contribution in [0.15, 0.2) is 30.3 Å². The molecule has 3 rings (SSSR count). The van der Waals surface area contributed by atoms with Crippen molar-refractivity contribution in [2.24, 2.45) is 5.92 Å². The van der Waals surface area contributed by atoms with Gasteiger partial charge in [0.15, 0.2) is 0 Å². The lowest BCUT2D eigenvalue weighted by molar-refractivity contribution is -0.130. The van der Waals surface area contributed by atoms with Crippen molar-refractivity contribution in [3.05, 3.63) is 35.9 Å². The summed E-state index contributed by atoms with van der Waals surface area (Å²) in [6, 6.07) is 9.74. The molecule has 0 heterocycles. The second-order valence-electron chi connectivity index (χ2n) is 5.17. The number of carbonyl (C=O) groups excluding carboxylic acids is 2. The molecule has 0 bridgehead atoms. The molecule has 2 saturated carbocycles. The van der Waals surface area contributed by atoms with E-state index in [9.17, 15) is 9.59 Å². The molecule has 1 aromatic carbocycles. The largest absolute Gasteiger partial charge is 0.273 e. The summed E-state index contributed by atoms with van der Waals surface area (Å²) in [6.45, 7) is 0. The van der Waals surface area contributed by atoms with Gasteiger partial charge in [-0.2, -0.15) is 0 Å². The average Bonchev–Trinajstić information content (AvgIpc) is 3.30. The third-order valence-corrected chi connectivity index (χ3v) is 3.76. The molecule has 1 aromatic rings. The Morgan fingerprint density at radius 2 is 1.72 bits per heavy atom. The molecule has 2 aliphatic rings. The molecule has 2 aliphatic carbocycles. The topological polar surface area (TPSA) is 58.2 Å². The van der Waals surface area contributed by atoms with E-state index < -0.39 is 5.41 Å². The van der Waals surface area contributed by atoms with E-state index in [0.717, 1.165) is 31.2 Å². The van der Waals surface area contributed by atoms with Crippen molar-refractivity contribution in [1.29, 1.82) is 0 Å². The number of carbonyl (C=O) groups is 2. The van der Waals surface area contributed by atoms with Crippen molar-refractivity contribution in [2.45, 2.75) is 31.1 Å². The smallest absolute Gasteiger partial charge is 0.249 e. The Hall–Kier alpha value is -1.84. The minimum atomic E-state index is -0.419. The van der Waals surface area contributed by atoms with Gasteiger partial charge in [-0.05, 0) is 31.2 Å². The van der Waals surface area contributed by atoms with Gasteiger partial charge in [-0.1, -0.05) is 30.3 Å². The number of hydrogen-bond donors (Lipinski definition) is 2. The molecule has 0 spiro atoms. The van der Waals surface area contributed by atoms with Crippen LogP contribution in [0.25, 0.3) is 0 Å². The van der Waals surface area contributed by atoms with Crippen LogP contribution in [0, 0.1) is 5.92 Å². The highest BCUT2D eigenvalue weighted by molar-refractivity contribution is 5.93. The molecule has 94 valence electrons. The van der Waals surface area contributed by atoms with Crippen LogP contribution in [0.4, 0.5) is 0 Å². The third-order valence-electron chi connectivity index (χ3n) is 3.76. The first-order valence-electron chi connectivity index (χ1n) is 6.38. The van der Waals surface area contributed by atoms with Crippen LogP contribution < -0.4 is 10.9 Å². The van der Waals surface area contributed by atoms with Crippen LogP contribution in [-0.4, -0.2) is 11.8 Å². The highest BCUT2D eigenvalue weighted by Gasteiger charge is 2.51. The fourth-order valence-corrected chi connectivity index (χ4v) is 2.21. The summed E-state index contributed by atoms with van der Waals surface area (Å²) >= 11 is 0. The van der Waals surface area contributed by atoms with Gasteiger partial charge in [0.2, 0.25) is 11.8 Å². The summed E-state index contributed by atoms with van der Waals surface area (Å²) < 4.78 is 0. The van der Waals surface area contributed by atoms with Crippen LogP contribution in [0.5, 0.6) is 0 Å². The van der Waals surface area contributed by atoms with Crippen LogP contribution >= 0.6 is 0 Å². The van der Waals surface area contributed by atoms with E-state index in [1.807, 2.05) is 30.3 Å². The van der Waals surface area contributed by atoms with Gasteiger partial charge in [0.25, 0.3) is 0 Å². The molecule has 0 aliphatic heterocycles. The lowest BCUT2D eigenvalue weighted by Crippen LogP contribution is -2.47. The van der Waals surface area contributed by atoms with Crippen LogP contribution in [-0.2, 0) is 15.0 Å². The van der Waals surface area contributed by atoms with Crippen molar-refractivity contribution in [3.8, 4) is 0 Å². The Labute approximate surface area is 106 Å². The van der Waals surface area contributed by atoms with E-state index in [1.165, 1.54) is 0 Å². The zero-order valence-corrected chi connectivity index (χ0v) is 10.1. The fourth-order valence-electron chi connectivity index (χ4n) is 2.21. The van der Waals surface area contributed by atoms with Crippen molar-refractivity contribution in [3.63, 3.8) is 0 Å². The third kappa shape index (κ3) is 1.98. The molecule has 0 atom stereocenters. The Morgan fingerprint density at radius 3 is 2.28 bits per heavy atom. The number of amides is 2. The maximum absolute atomic E-state index is 12.1. The van der Waals surface area contributed by atoms with E-state index in [1.54, 1.807) is 0 Å². The summed E-state index contributed by atoms with van der Waals surface area (Å²) in [7, 11) is 0. The molecule has 0 radical (unpaired) electrons. The van der Waals surface area contributed by atoms with Crippen molar-refractivity contribution < 1.29 is 9.59 Å². The van der Waals surface area contributed by atoms with Crippen LogP contribution in [0.2, 0.25) is 0 Å². The monoisotopic (exact) mass is 244 g/mol. The van der Waals surface area contributed by atoms with Crippen molar-refractivity contribution in [2.75, 3.05) is 0 Å². The van der Waals surface area contributed by atoms with Gasteiger partial charge in [0, 0.05) is 5.92 Å².